The smallest absolute Gasteiger partial charge is 0.258 e. The van der Waals surface area contributed by atoms with Crippen LogP contribution in [0.1, 0.15) is 5.56 Å². The zero-order valence-corrected chi connectivity index (χ0v) is 15.8. The van der Waals surface area contributed by atoms with Crippen LogP contribution < -0.4 is 29.8 Å². The molecule has 0 unspecified atom stereocenters. The van der Waals surface area contributed by atoms with Crippen molar-refractivity contribution in [2.45, 2.75) is 6.54 Å². The van der Waals surface area contributed by atoms with Gasteiger partial charge >= 0.3 is 0 Å². The number of amides is 1. The van der Waals surface area contributed by atoms with Crippen molar-refractivity contribution in [3.8, 4) is 23.0 Å². The van der Waals surface area contributed by atoms with E-state index in [1.165, 1.54) is 7.11 Å². The average Bonchev–Trinajstić information content (AvgIpc) is 2.75. The fourth-order valence-corrected chi connectivity index (χ4v) is 3.05. The van der Waals surface area contributed by atoms with E-state index in [2.05, 4.69) is 10.3 Å². The summed E-state index contributed by atoms with van der Waals surface area (Å²) in [6.45, 7) is 0.846. The number of benzene rings is 2. The number of aromatic amines is 1. The summed E-state index contributed by atoms with van der Waals surface area (Å²) in [7, 11) is 1.53. The van der Waals surface area contributed by atoms with Crippen LogP contribution in [0.25, 0.3) is 10.9 Å². The van der Waals surface area contributed by atoms with E-state index in [0.29, 0.717) is 47.3 Å². The molecule has 0 atom stereocenters. The number of carbonyl (C=O) groups excluding carboxylic acids is 1. The molecule has 0 fully saturated rings. The number of hydrogen-bond donors (Lipinski definition) is 2. The van der Waals surface area contributed by atoms with E-state index >= 15 is 0 Å². The molecule has 0 bridgehead atoms. The highest BCUT2D eigenvalue weighted by molar-refractivity contribution is 5.83. The third-order valence-corrected chi connectivity index (χ3v) is 4.49. The number of carbonyl (C=O) groups is 1. The molecule has 8 nitrogen and oxygen atoms in total. The van der Waals surface area contributed by atoms with Crippen LogP contribution in [-0.4, -0.2) is 37.8 Å². The number of rotatable bonds is 6. The van der Waals surface area contributed by atoms with Crippen LogP contribution in [0.3, 0.4) is 0 Å². The lowest BCUT2D eigenvalue weighted by Gasteiger charge is -2.18. The average molecular weight is 396 g/mol. The minimum absolute atomic E-state index is 0.0772. The number of pyridine rings is 1. The maximum absolute atomic E-state index is 12.3. The molecular weight excluding hydrogens is 376 g/mol. The molecule has 2 heterocycles. The Kier molecular flexibility index (Phi) is 5.24. The van der Waals surface area contributed by atoms with Crippen molar-refractivity contribution in [2.75, 3.05) is 26.9 Å². The molecule has 2 N–H and O–H groups in total. The van der Waals surface area contributed by atoms with E-state index in [1.54, 1.807) is 30.3 Å². The normalized spacial score (nSPS) is 12.4. The van der Waals surface area contributed by atoms with Crippen LogP contribution in [0.2, 0.25) is 0 Å². The maximum atomic E-state index is 12.3. The molecule has 8 heteroatoms. The zero-order chi connectivity index (χ0) is 20.2. The second-order valence-corrected chi connectivity index (χ2v) is 6.42. The number of hydrogen-bond acceptors (Lipinski definition) is 6. The fraction of sp³-hybridized carbons (Fsp3) is 0.238. The molecule has 3 aromatic rings. The summed E-state index contributed by atoms with van der Waals surface area (Å²) in [4.78, 5) is 27.3. The first-order valence-electron chi connectivity index (χ1n) is 9.12. The predicted octanol–water partition coefficient (Wildman–Crippen LogP) is 2.00. The van der Waals surface area contributed by atoms with Crippen molar-refractivity contribution in [1.29, 1.82) is 0 Å². The minimum atomic E-state index is -0.349. The molecule has 2 aromatic carbocycles. The largest absolute Gasteiger partial charge is 0.493 e. The van der Waals surface area contributed by atoms with Crippen molar-refractivity contribution in [1.82, 2.24) is 10.3 Å². The van der Waals surface area contributed by atoms with Crippen LogP contribution in [0.4, 0.5) is 0 Å². The monoisotopic (exact) mass is 396 g/mol. The van der Waals surface area contributed by atoms with Crippen molar-refractivity contribution in [3.05, 3.63) is 58.4 Å². The summed E-state index contributed by atoms with van der Waals surface area (Å²) >= 11 is 0. The summed E-state index contributed by atoms with van der Waals surface area (Å²) < 4.78 is 21.8. The Hall–Kier alpha value is -3.68. The molecule has 0 saturated carbocycles. The van der Waals surface area contributed by atoms with Gasteiger partial charge in [0.25, 0.3) is 11.5 Å². The van der Waals surface area contributed by atoms with Gasteiger partial charge in [0.1, 0.15) is 13.2 Å². The lowest BCUT2D eigenvalue weighted by atomic mass is 10.1. The van der Waals surface area contributed by atoms with E-state index in [-0.39, 0.29) is 24.6 Å². The van der Waals surface area contributed by atoms with Gasteiger partial charge in [0.15, 0.2) is 29.6 Å². The van der Waals surface area contributed by atoms with Gasteiger partial charge < -0.3 is 29.2 Å². The molecule has 0 aliphatic carbocycles. The Morgan fingerprint density at radius 3 is 2.59 bits per heavy atom. The molecule has 1 aliphatic rings. The Labute approximate surface area is 166 Å². The second-order valence-electron chi connectivity index (χ2n) is 6.42. The van der Waals surface area contributed by atoms with Crippen LogP contribution in [0, 0.1) is 0 Å². The molecule has 1 amide bonds. The van der Waals surface area contributed by atoms with Gasteiger partial charge in [-0.25, -0.2) is 0 Å². The Morgan fingerprint density at radius 2 is 1.83 bits per heavy atom. The standard InChI is InChI=1S/C21H20N2O6/c1-26-16-4-2-3-5-17(16)29-12-20(24)22-11-14-8-13-9-18-19(28-7-6-27-18)10-15(13)23-21(14)25/h2-5,8-10H,6-7,11-12H2,1H3,(H,22,24)(H,23,25). The van der Waals surface area contributed by atoms with Crippen LogP contribution in [-0.2, 0) is 11.3 Å². The fourth-order valence-electron chi connectivity index (χ4n) is 3.05. The van der Waals surface area contributed by atoms with Crippen molar-refractivity contribution < 1.29 is 23.7 Å². The summed E-state index contributed by atoms with van der Waals surface area (Å²) in [6, 6.07) is 12.4. The van der Waals surface area contributed by atoms with Gasteiger partial charge in [-0.2, -0.15) is 0 Å². The van der Waals surface area contributed by atoms with E-state index in [1.807, 2.05) is 12.1 Å². The van der Waals surface area contributed by atoms with Gasteiger partial charge in [-0.05, 0) is 24.3 Å². The molecular formula is C21H20N2O6. The number of fused-ring (bicyclic) bond motifs is 2. The topological polar surface area (TPSA) is 98.9 Å². The number of H-pyrrole nitrogens is 1. The number of methoxy groups -OCH3 is 1. The lowest BCUT2D eigenvalue weighted by molar-refractivity contribution is -0.123. The Balaban J connectivity index is 1.43. The van der Waals surface area contributed by atoms with Crippen LogP contribution in [0.15, 0.2) is 47.3 Å². The number of aromatic nitrogens is 1. The van der Waals surface area contributed by atoms with Crippen LogP contribution in [0.5, 0.6) is 23.0 Å². The molecule has 0 radical (unpaired) electrons. The summed E-state index contributed by atoms with van der Waals surface area (Å²) in [5.74, 6) is 1.91. The Morgan fingerprint density at radius 1 is 1.10 bits per heavy atom. The number of nitrogens with one attached hydrogen (secondary N) is 2. The van der Waals surface area contributed by atoms with E-state index < -0.39 is 0 Å². The highest BCUT2D eigenvalue weighted by Gasteiger charge is 2.14. The van der Waals surface area contributed by atoms with E-state index in [9.17, 15) is 9.59 Å². The summed E-state index contributed by atoms with van der Waals surface area (Å²) in [5, 5.41) is 3.49. The molecule has 4 rings (SSSR count). The number of ether oxygens (including phenoxy) is 4. The SMILES string of the molecule is COc1ccccc1OCC(=O)NCc1cc2cc3c(cc2[nH]c1=O)OCCO3. The lowest BCUT2D eigenvalue weighted by Crippen LogP contribution is -2.30. The summed E-state index contributed by atoms with van der Waals surface area (Å²) in [6.07, 6.45) is 0. The first-order chi connectivity index (χ1) is 14.1. The molecule has 29 heavy (non-hydrogen) atoms. The van der Waals surface area contributed by atoms with Gasteiger partial charge in [-0.15, -0.1) is 0 Å². The highest BCUT2D eigenvalue weighted by atomic mass is 16.6. The van der Waals surface area contributed by atoms with E-state index in [0.717, 1.165) is 5.39 Å². The van der Waals surface area contributed by atoms with E-state index in [4.69, 9.17) is 18.9 Å². The van der Waals surface area contributed by atoms with Gasteiger partial charge in [-0.1, -0.05) is 12.1 Å². The van der Waals surface area contributed by atoms with Crippen LogP contribution >= 0.6 is 0 Å². The quantitative estimate of drug-likeness (QED) is 0.661. The molecule has 150 valence electrons. The molecule has 1 aromatic heterocycles. The van der Waals surface area contributed by atoms with Crippen molar-refractivity contribution in [3.63, 3.8) is 0 Å². The minimum Gasteiger partial charge on any atom is -0.493 e. The van der Waals surface area contributed by atoms with Gasteiger partial charge in [0.2, 0.25) is 0 Å². The third-order valence-electron chi connectivity index (χ3n) is 4.49. The predicted molar refractivity (Wildman–Crippen MR) is 106 cm³/mol. The van der Waals surface area contributed by atoms with Gasteiger partial charge in [0.05, 0.1) is 12.6 Å². The molecule has 1 aliphatic heterocycles. The second kappa shape index (κ2) is 8.14. The van der Waals surface area contributed by atoms with Gasteiger partial charge in [0, 0.05) is 23.6 Å². The van der Waals surface area contributed by atoms with Gasteiger partial charge in [-0.3, -0.25) is 9.59 Å². The highest BCUT2D eigenvalue weighted by Crippen LogP contribution is 2.33. The summed E-state index contributed by atoms with van der Waals surface area (Å²) in [5.41, 5.74) is 0.800. The first-order valence-corrected chi connectivity index (χ1v) is 9.12. The molecule has 0 spiro atoms. The molecule has 0 saturated heterocycles. The number of para-hydroxylation sites is 2. The van der Waals surface area contributed by atoms with Crippen molar-refractivity contribution in [2.24, 2.45) is 0 Å². The zero-order valence-electron chi connectivity index (χ0n) is 15.8. The Bertz CT molecular complexity index is 1110. The first kappa shape index (κ1) is 18.7. The maximum Gasteiger partial charge on any atom is 0.258 e. The van der Waals surface area contributed by atoms with Crippen molar-refractivity contribution >= 4 is 16.8 Å². The third kappa shape index (κ3) is 4.11.